The first-order valence-electron chi connectivity index (χ1n) is 10.3. The number of rotatable bonds is 5. The van der Waals surface area contributed by atoms with Crippen LogP contribution < -0.4 is 9.47 Å². The molecule has 6 nitrogen and oxygen atoms in total. The number of nitrogens with zero attached hydrogens (tertiary/aromatic N) is 3. The highest BCUT2D eigenvalue weighted by atomic mass is 16.5. The number of likely N-dealkylation sites (N-methyl/N-ethyl adjacent to an activating group) is 1. The van der Waals surface area contributed by atoms with Crippen LogP contribution in [0.3, 0.4) is 0 Å². The van der Waals surface area contributed by atoms with E-state index in [1.807, 2.05) is 37.2 Å². The molecule has 0 atom stereocenters. The van der Waals surface area contributed by atoms with Gasteiger partial charge in [-0.1, -0.05) is 17.7 Å². The van der Waals surface area contributed by atoms with Crippen molar-refractivity contribution in [1.29, 1.82) is 0 Å². The third kappa shape index (κ3) is 4.58. The fraction of sp³-hybridized carbons (Fsp3) is 0.360. The van der Waals surface area contributed by atoms with Crippen molar-refractivity contribution in [2.24, 2.45) is 4.99 Å². The van der Waals surface area contributed by atoms with Gasteiger partial charge in [0, 0.05) is 32.3 Å². The Morgan fingerprint density at radius 2 is 1.65 bits per heavy atom. The molecule has 0 aromatic heterocycles. The van der Waals surface area contributed by atoms with Crippen LogP contribution in [-0.2, 0) is 11.2 Å². The van der Waals surface area contributed by atoms with Gasteiger partial charge in [-0.05, 0) is 56.0 Å². The van der Waals surface area contributed by atoms with E-state index < -0.39 is 0 Å². The molecule has 1 heterocycles. The summed E-state index contributed by atoms with van der Waals surface area (Å²) in [6.07, 6.45) is 3.59. The van der Waals surface area contributed by atoms with Crippen LogP contribution in [0.15, 0.2) is 35.3 Å². The maximum absolute atomic E-state index is 11.9. The molecule has 6 heteroatoms. The Morgan fingerprint density at radius 3 is 2.19 bits per heavy atom. The summed E-state index contributed by atoms with van der Waals surface area (Å²) < 4.78 is 11.0. The van der Waals surface area contributed by atoms with Gasteiger partial charge in [0.25, 0.3) is 0 Å². The Balaban J connectivity index is 2.20. The van der Waals surface area contributed by atoms with Crippen LogP contribution in [0.25, 0.3) is 5.70 Å². The summed E-state index contributed by atoms with van der Waals surface area (Å²) in [6.45, 7) is 6.83. The molecule has 0 fully saturated rings. The normalized spacial score (nSPS) is 15.0. The lowest BCUT2D eigenvalue weighted by molar-refractivity contribution is -0.115. The van der Waals surface area contributed by atoms with Gasteiger partial charge in [0.15, 0.2) is 11.5 Å². The highest BCUT2D eigenvalue weighted by molar-refractivity contribution is 6.02. The van der Waals surface area contributed by atoms with Gasteiger partial charge in [-0.3, -0.25) is 4.79 Å². The van der Waals surface area contributed by atoms with Gasteiger partial charge < -0.3 is 19.3 Å². The van der Waals surface area contributed by atoms with Crippen LogP contribution in [-0.4, -0.2) is 56.9 Å². The van der Waals surface area contributed by atoms with Crippen molar-refractivity contribution in [3.63, 3.8) is 0 Å². The van der Waals surface area contributed by atoms with Crippen molar-refractivity contribution >= 4 is 23.6 Å². The molecule has 0 saturated carbocycles. The van der Waals surface area contributed by atoms with Crippen molar-refractivity contribution in [1.82, 2.24) is 9.80 Å². The number of carbonyl (C=O) groups is 1. The first kappa shape index (κ1) is 22.4. The average Bonchev–Trinajstić information content (AvgIpc) is 2.73. The molecule has 0 saturated heterocycles. The number of amidine groups is 1. The lowest BCUT2D eigenvalue weighted by atomic mass is 9.95. The van der Waals surface area contributed by atoms with Crippen LogP contribution in [0.1, 0.15) is 27.8 Å². The number of hydrogen-bond donors (Lipinski definition) is 0. The van der Waals surface area contributed by atoms with Crippen LogP contribution >= 0.6 is 0 Å². The minimum absolute atomic E-state index is 0.598. The molecule has 31 heavy (non-hydrogen) atoms. The summed E-state index contributed by atoms with van der Waals surface area (Å²) in [5.41, 5.74) is 7.27. The molecule has 1 amide bonds. The second-order valence-corrected chi connectivity index (χ2v) is 8.05. The van der Waals surface area contributed by atoms with Crippen LogP contribution in [0.5, 0.6) is 11.5 Å². The summed E-state index contributed by atoms with van der Waals surface area (Å²) in [5, 5.41) is 0. The maximum Gasteiger partial charge on any atom is 0.214 e. The summed E-state index contributed by atoms with van der Waals surface area (Å²) >= 11 is 0. The van der Waals surface area contributed by atoms with E-state index >= 15 is 0 Å². The number of hydrogen-bond acceptors (Lipinski definition) is 4. The summed E-state index contributed by atoms with van der Waals surface area (Å²) in [6, 6.07) is 8.20. The zero-order chi connectivity index (χ0) is 22.7. The van der Waals surface area contributed by atoms with Crippen LogP contribution in [0.2, 0.25) is 0 Å². The minimum Gasteiger partial charge on any atom is -0.493 e. The molecule has 1 aliphatic rings. The maximum atomic E-state index is 11.9. The molecule has 0 N–H and O–H groups in total. The monoisotopic (exact) mass is 421 g/mol. The van der Waals surface area contributed by atoms with Gasteiger partial charge in [0.05, 0.1) is 25.6 Å². The molecule has 2 aromatic rings. The van der Waals surface area contributed by atoms with Crippen molar-refractivity contribution < 1.29 is 14.3 Å². The van der Waals surface area contributed by atoms with E-state index in [0.29, 0.717) is 18.0 Å². The predicted molar refractivity (Wildman–Crippen MR) is 125 cm³/mol. The molecule has 0 aliphatic carbocycles. The van der Waals surface area contributed by atoms with Crippen molar-refractivity contribution in [3.05, 3.63) is 58.2 Å². The average molecular weight is 422 g/mol. The number of fused-ring (bicyclic) bond motifs is 1. The molecule has 0 spiro atoms. The van der Waals surface area contributed by atoms with E-state index in [-0.39, 0.29) is 0 Å². The number of aliphatic imine (C=N–C) groups is 1. The highest BCUT2D eigenvalue weighted by Gasteiger charge is 2.24. The standard InChI is InChI=1S/C25H31N3O3/c1-16-10-17(2)25(18(3)11-16)26-24(27(4)5)14-21-20-13-23(31-7)22(30-6)12-19(20)8-9-28(21)15-29/h10-15H,8-9H2,1-7H3/b21-14-,26-24+. The quantitative estimate of drug-likeness (QED) is 0.411. The third-order valence-electron chi connectivity index (χ3n) is 5.53. The van der Waals surface area contributed by atoms with Crippen LogP contribution in [0.4, 0.5) is 5.69 Å². The fourth-order valence-electron chi connectivity index (χ4n) is 4.00. The smallest absolute Gasteiger partial charge is 0.214 e. The molecule has 0 unspecified atom stereocenters. The van der Waals surface area contributed by atoms with Crippen molar-refractivity contribution in [2.75, 3.05) is 34.9 Å². The van der Waals surface area contributed by atoms with Gasteiger partial charge in [-0.25, -0.2) is 4.99 Å². The topological polar surface area (TPSA) is 54.4 Å². The number of benzene rings is 2. The summed E-state index contributed by atoms with van der Waals surface area (Å²) in [7, 11) is 7.16. The third-order valence-corrected chi connectivity index (χ3v) is 5.53. The molecular formula is C25H31N3O3. The number of ether oxygens (including phenoxy) is 2. The molecular weight excluding hydrogens is 390 g/mol. The van der Waals surface area contributed by atoms with E-state index in [0.717, 1.165) is 52.3 Å². The number of carbonyl (C=O) groups excluding carboxylic acids is 1. The second-order valence-electron chi connectivity index (χ2n) is 8.05. The molecule has 0 radical (unpaired) electrons. The van der Waals surface area contributed by atoms with Crippen molar-refractivity contribution in [3.8, 4) is 11.5 Å². The van der Waals surface area contributed by atoms with Gasteiger partial charge >= 0.3 is 0 Å². The zero-order valence-corrected chi connectivity index (χ0v) is 19.4. The minimum atomic E-state index is 0.598. The van der Waals surface area contributed by atoms with E-state index in [1.54, 1.807) is 19.1 Å². The zero-order valence-electron chi connectivity index (χ0n) is 19.4. The predicted octanol–water partition coefficient (Wildman–Crippen LogP) is 4.28. The number of amides is 1. The lowest BCUT2D eigenvalue weighted by Crippen LogP contribution is -2.30. The van der Waals surface area contributed by atoms with Gasteiger partial charge in [-0.15, -0.1) is 0 Å². The van der Waals surface area contributed by atoms with E-state index in [1.165, 1.54) is 5.56 Å². The molecule has 164 valence electrons. The summed E-state index contributed by atoms with van der Waals surface area (Å²) in [4.78, 5) is 20.6. The van der Waals surface area contributed by atoms with Gasteiger partial charge in [-0.2, -0.15) is 0 Å². The molecule has 1 aliphatic heterocycles. The Hall–Kier alpha value is -3.28. The summed E-state index contributed by atoms with van der Waals surface area (Å²) in [5.74, 6) is 2.08. The fourth-order valence-corrected chi connectivity index (χ4v) is 4.00. The SMILES string of the molecule is COc1cc2c(cc1OC)/C(=C/C(=N\c1c(C)cc(C)cc1C)N(C)C)N(C=O)CC2. The Labute approximate surface area is 184 Å². The van der Waals surface area contributed by atoms with Gasteiger partial charge in [0.1, 0.15) is 5.84 Å². The highest BCUT2D eigenvalue weighted by Crippen LogP contribution is 2.37. The van der Waals surface area contributed by atoms with Crippen molar-refractivity contribution in [2.45, 2.75) is 27.2 Å². The Morgan fingerprint density at radius 1 is 1.03 bits per heavy atom. The van der Waals surface area contributed by atoms with Crippen LogP contribution in [0, 0.1) is 20.8 Å². The second kappa shape index (κ2) is 9.25. The van der Waals surface area contributed by atoms with E-state index in [4.69, 9.17) is 14.5 Å². The number of methoxy groups -OCH3 is 2. The van der Waals surface area contributed by atoms with Gasteiger partial charge in [0.2, 0.25) is 6.41 Å². The molecule has 3 rings (SSSR count). The Kier molecular flexibility index (Phi) is 6.68. The molecule has 0 bridgehead atoms. The largest absolute Gasteiger partial charge is 0.493 e. The Bertz CT molecular complexity index is 1030. The lowest BCUT2D eigenvalue weighted by Gasteiger charge is -2.30. The molecule has 2 aromatic carbocycles. The first-order chi connectivity index (χ1) is 14.8. The van der Waals surface area contributed by atoms with E-state index in [9.17, 15) is 4.79 Å². The first-order valence-corrected chi connectivity index (χ1v) is 10.3. The number of aryl methyl sites for hydroxylation is 3. The van der Waals surface area contributed by atoms with E-state index in [2.05, 4.69) is 32.9 Å².